The second-order valence-electron chi connectivity index (χ2n) is 8.03. The fraction of sp³-hybridized carbons (Fsp3) is 0.850. The number of nitrogens with one attached hydrogen (secondary N) is 1. The second kappa shape index (κ2) is 10.2. The molecule has 0 spiro atoms. The molecule has 7 nitrogen and oxygen atoms in total. The first-order valence-electron chi connectivity index (χ1n) is 10.4. The maximum absolute atomic E-state index is 13.3. The van der Waals surface area contributed by atoms with Gasteiger partial charge in [0.05, 0.1) is 6.04 Å². The van der Waals surface area contributed by atoms with Crippen molar-refractivity contribution in [1.29, 1.82) is 0 Å². The van der Waals surface area contributed by atoms with E-state index in [1.54, 1.807) is 16.8 Å². The minimum Gasteiger partial charge on any atom is -0.332 e. The maximum atomic E-state index is 13.3. The molecule has 0 aromatic carbocycles. The summed E-state index contributed by atoms with van der Waals surface area (Å²) < 4.78 is 0. The Morgan fingerprint density at radius 1 is 1.26 bits per heavy atom. The molecule has 27 heavy (non-hydrogen) atoms. The molecule has 2 fully saturated rings. The summed E-state index contributed by atoms with van der Waals surface area (Å²) in [5, 5.41) is 3.28. The lowest BCUT2D eigenvalue weighted by molar-refractivity contribution is -0.161. The Kier molecular flexibility index (Phi) is 8.23. The highest BCUT2D eigenvalue weighted by Crippen LogP contribution is 2.27. The van der Waals surface area contributed by atoms with E-state index in [9.17, 15) is 14.4 Å². The van der Waals surface area contributed by atoms with Gasteiger partial charge in [0.15, 0.2) is 5.78 Å². The zero-order valence-electron chi connectivity index (χ0n) is 17.1. The van der Waals surface area contributed by atoms with E-state index in [-0.39, 0.29) is 36.0 Å². The van der Waals surface area contributed by atoms with Crippen LogP contribution >= 0.6 is 0 Å². The average Bonchev–Trinajstić information content (AvgIpc) is 2.68. The number of hydrogen-bond acceptors (Lipinski definition) is 5. The highest BCUT2D eigenvalue weighted by molar-refractivity contribution is 5.99. The molecule has 0 aromatic heterocycles. The Labute approximate surface area is 163 Å². The van der Waals surface area contributed by atoms with E-state index in [1.165, 1.54) is 0 Å². The van der Waals surface area contributed by atoms with Gasteiger partial charge in [0.25, 0.3) is 0 Å². The average molecular weight is 381 g/mol. The summed E-state index contributed by atoms with van der Waals surface area (Å²) >= 11 is 0. The van der Waals surface area contributed by atoms with Crippen molar-refractivity contribution in [3.8, 4) is 0 Å². The van der Waals surface area contributed by atoms with Crippen LogP contribution in [0.4, 0.5) is 0 Å². The number of piperazine rings is 1. The first-order valence-corrected chi connectivity index (χ1v) is 10.4. The number of hydrogen-bond donors (Lipinski definition) is 2. The van der Waals surface area contributed by atoms with Gasteiger partial charge >= 0.3 is 0 Å². The number of ketones is 1. The van der Waals surface area contributed by atoms with Crippen LogP contribution in [0.2, 0.25) is 0 Å². The van der Waals surface area contributed by atoms with E-state index >= 15 is 0 Å². The predicted molar refractivity (Wildman–Crippen MR) is 105 cm³/mol. The number of amides is 2. The van der Waals surface area contributed by atoms with Crippen molar-refractivity contribution < 1.29 is 14.4 Å². The number of piperidine rings is 1. The molecule has 3 atom stereocenters. The first kappa shape index (κ1) is 21.8. The zero-order chi connectivity index (χ0) is 20.0. The third-order valence-electron chi connectivity index (χ3n) is 6.21. The molecule has 2 heterocycles. The molecule has 2 amide bonds. The molecule has 0 aliphatic carbocycles. The Morgan fingerprint density at radius 3 is 2.52 bits per heavy atom. The molecule has 0 aromatic rings. The molecule has 2 unspecified atom stereocenters. The van der Waals surface area contributed by atoms with Gasteiger partial charge in [-0.3, -0.25) is 14.4 Å². The van der Waals surface area contributed by atoms with Crippen LogP contribution in [0.1, 0.15) is 52.4 Å². The standard InChI is InChI=1S/C20H36N4O3/c1-4-14(2)18-20(27)24(13-17(25)23(18)3)16(7-5-6-10-21)19(26)15-8-11-22-12-9-15/h14-16,18,22H,4-13,21H2,1-3H3/t14?,16?,18-/m0/s1. The number of likely N-dealkylation sites (N-methyl/N-ethyl adjacent to an activating group) is 1. The third kappa shape index (κ3) is 5.08. The Morgan fingerprint density at radius 2 is 1.93 bits per heavy atom. The van der Waals surface area contributed by atoms with E-state index in [2.05, 4.69) is 5.32 Å². The number of nitrogens with zero attached hydrogens (tertiary/aromatic N) is 2. The molecule has 0 radical (unpaired) electrons. The van der Waals surface area contributed by atoms with Crippen molar-refractivity contribution in [3.05, 3.63) is 0 Å². The summed E-state index contributed by atoms with van der Waals surface area (Å²) in [5.74, 6) is 0.00195. The minimum atomic E-state index is -0.503. The number of Topliss-reactive ketones (excluding diaryl/α,β-unsaturated/α-hetero) is 1. The van der Waals surface area contributed by atoms with Crippen molar-refractivity contribution in [2.45, 2.75) is 64.5 Å². The summed E-state index contributed by atoms with van der Waals surface area (Å²) in [6, 6.07) is -0.981. The maximum Gasteiger partial charge on any atom is 0.246 e. The van der Waals surface area contributed by atoms with Crippen molar-refractivity contribution in [2.75, 3.05) is 33.2 Å². The van der Waals surface area contributed by atoms with Crippen LogP contribution in [-0.4, -0.2) is 72.7 Å². The molecule has 2 aliphatic rings. The Hall–Kier alpha value is -1.47. The van der Waals surface area contributed by atoms with E-state index < -0.39 is 12.1 Å². The van der Waals surface area contributed by atoms with Gasteiger partial charge in [0.2, 0.25) is 11.8 Å². The Balaban J connectivity index is 2.24. The number of carbonyl (C=O) groups excluding carboxylic acids is 3. The number of unbranched alkanes of at least 4 members (excludes halogenated alkanes) is 1. The van der Waals surface area contributed by atoms with Gasteiger partial charge in [-0.05, 0) is 57.7 Å². The topological polar surface area (TPSA) is 95.7 Å². The van der Waals surface area contributed by atoms with E-state index in [0.717, 1.165) is 45.2 Å². The van der Waals surface area contributed by atoms with E-state index in [1.807, 2.05) is 13.8 Å². The van der Waals surface area contributed by atoms with Crippen molar-refractivity contribution >= 4 is 17.6 Å². The van der Waals surface area contributed by atoms with Crippen LogP contribution in [0.5, 0.6) is 0 Å². The SMILES string of the molecule is CCC(C)[C@H]1C(=O)N(C(CCCCN)C(=O)C2CCNCC2)CC(=O)N1C. The highest BCUT2D eigenvalue weighted by Gasteiger charge is 2.44. The normalized spacial score (nSPS) is 24.2. The summed E-state index contributed by atoms with van der Waals surface area (Å²) in [6.07, 6.45) is 4.62. The number of nitrogens with two attached hydrogens (primary N) is 1. The molecule has 2 saturated heterocycles. The quantitative estimate of drug-likeness (QED) is 0.576. The summed E-state index contributed by atoms with van der Waals surface area (Å²) in [5.41, 5.74) is 5.62. The van der Waals surface area contributed by atoms with Crippen LogP contribution in [0, 0.1) is 11.8 Å². The highest BCUT2D eigenvalue weighted by atomic mass is 16.2. The number of rotatable bonds is 9. The van der Waals surface area contributed by atoms with Gasteiger partial charge < -0.3 is 20.9 Å². The van der Waals surface area contributed by atoms with Crippen LogP contribution in [-0.2, 0) is 14.4 Å². The smallest absolute Gasteiger partial charge is 0.246 e. The molecule has 0 saturated carbocycles. The van der Waals surface area contributed by atoms with Crippen LogP contribution in [0.3, 0.4) is 0 Å². The van der Waals surface area contributed by atoms with Gasteiger partial charge in [-0.1, -0.05) is 20.3 Å². The lowest BCUT2D eigenvalue weighted by Gasteiger charge is -2.44. The van der Waals surface area contributed by atoms with Crippen molar-refractivity contribution in [3.63, 3.8) is 0 Å². The van der Waals surface area contributed by atoms with E-state index in [4.69, 9.17) is 5.73 Å². The summed E-state index contributed by atoms with van der Waals surface area (Å²) in [7, 11) is 1.70. The molecule has 3 N–H and O–H groups in total. The van der Waals surface area contributed by atoms with Gasteiger partial charge in [-0.25, -0.2) is 0 Å². The van der Waals surface area contributed by atoms with Crippen LogP contribution in [0.25, 0.3) is 0 Å². The zero-order valence-corrected chi connectivity index (χ0v) is 17.1. The molecule has 154 valence electrons. The molecule has 2 aliphatic heterocycles. The first-order chi connectivity index (χ1) is 12.9. The predicted octanol–water partition coefficient (Wildman–Crippen LogP) is 0.768. The van der Waals surface area contributed by atoms with Crippen molar-refractivity contribution in [2.24, 2.45) is 17.6 Å². The van der Waals surface area contributed by atoms with Crippen LogP contribution < -0.4 is 11.1 Å². The second-order valence-corrected chi connectivity index (χ2v) is 8.03. The molecule has 2 rings (SSSR count). The molecule has 0 bridgehead atoms. The fourth-order valence-electron chi connectivity index (χ4n) is 4.25. The van der Waals surface area contributed by atoms with Crippen molar-refractivity contribution in [1.82, 2.24) is 15.1 Å². The number of carbonyl (C=O) groups is 3. The Bertz CT molecular complexity index is 533. The van der Waals surface area contributed by atoms with Gasteiger partial charge in [-0.2, -0.15) is 0 Å². The largest absolute Gasteiger partial charge is 0.332 e. The van der Waals surface area contributed by atoms with Gasteiger partial charge in [-0.15, -0.1) is 0 Å². The minimum absolute atomic E-state index is 0.00622. The monoisotopic (exact) mass is 380 g/mol. The summed E-state index contributed by atoms with van der Waals surface area (Å²) in [6.45, 7) is 6.25. The molecular formula is C20H36N4O3. The third-order valence-corrected chi connectivity index (χ3v) is 6.21. The lowest BCUT2D eigenvalue weighted by Crippen LogP contribution is -2.64. The van der Waals surface area contributed by atoms with E-state index in [0.29, 0.717) is 13.0 Å². The fourth-order valence-corrected chi connectivity index (χ4v) is 4.25. The van der Waals surface area contributed by atoms with Crippen LogP contribution in [0.15, 0.2) is 0 Å². The van der Waals surface area contributed by atoms with Gasteiger partial charge in [0.1, 0.15) is 12.6 Å². The lowest BCUT2D eigenvalue weighted by atomic mass is 9.85. The molecule has 7 heteroatoms. The molecular weight excluding hydrogens is 344 g/mol. The van der Waals surface area contributed by atoms with Gasteiger partial charge in [0, 0.05) is 13.0 Å². The summed E-state index contributed by atoms with van der Waals surface area (Å²) in [4.78, 5) is 42.3.